The number of rotatable bonds is 6. The number of nitrogens with one attached hydrogen (secondary N) is 1. The van der Waals surface area contributed by atoms with Gasteiger partial charge >= 0.3 is 0 Å². The molecule has 0 radical (unpaired) electrons. The molecule has 0 heterocycles. The first-order chi connectivity index (χ1) is 9.31. The zero-order valence-corrected chi connectivity index (χ0v) is 11.6. The molecule has 100 valence electrons. The molecule has 0 unspecified atom stereocenters. The van der Waals surface area contributed by atoms with Gasteiger partial charge in [0.15, 0.2) is 0 Å². The zero-order valence-electron chi connectivity index (χ0n) is 11.6. The van der Waals surface area contributed by atoms with Crippen LogP contribution in [0.2, 0.25) is 0 Å². The molecule has 2 nitrogen and oxygen atoms in total. The first-order valence-electron chi connectivity index (χ1n) is 6.62. The minimum absolute atomic E-state index is 0.669. The van der Waals surface area contributed by atoms with E-state index in [0.29, 0.717) is 6.61 Å². The summed E-state index contributed by atoms with van der Waals surface area (Å²) in [4.78, 5) is 0. The van der Waals surface area contributed by atoms with E-state index in [2.05, 4.69) is 60.8 Å². The van der Waals surface area contributed by atoms with Gasteiger partial charge < -0.3 is 10.1 Å². The average molecular weight is 255 g/mol. The molecule has 0 aliphatic carbocycles. The maximum Gasteiger partial charge on any atom is 0.0716 e. The molecule has 0 fully saturated rings. The van der Waals surface area contributed by atoms with Crippen molar-refractivity contribution in [3.8, 4) is 0 Å². The van der Waals surface area contributed by atoms with E-state index in [0.717, 1.165) is 13.1 Å². The third-order valence-corrected chi connectivity index (χ3v) is 3.31. The van der Waals surface area contributed by atoms with Gasteiger partial charge in [-0.3, -0.25) is 0 Å². The summed E-state index contributed by atoms with van der Waals surface area (Å²) in [5.74, 6) is 0. The summed E-state index contributed by atoms with van der Waals surface area (Å²) in [6.45, 7) is 4.58. The molecule has 0 saturated carbocycles. The first-order valence-corrected chi connectivity index (χ1v) is 6.62. The summed E-state index contributed by atoms with van der Waals surface area (Å²) in [7, 11) is 1.73. The van der Waals surface area contributed by atoms with Crippen LogP contribution >= 0.6 is 0 Å². The van der Waals surface area contributed by atoms with E-state index < -0.39 is 0 Å². The van der Waals surface area contributed by atoms with Gasteiger partial charge in [-0.2, -0.15) is 0 Å². The third kappa shape index (κ3) is 3.91. The van der Waals surface area contributed by atoms with Crippen LogP contribution in [0.4, 0.5) is 0 Å². The summed E-state index contributed by atoms with van der Waals surface area (Å²) < 4.78 is 5.22. The second-order valence-electron chi connectivity index (χ2n) is 4.73. The maximum absolute atomic E-state index is 5.22. The van der Waals surface area contributed by atoms with Crippen LogP contribution in [0.5, 0.6) is 0 Å². The molecule has 2 heteroatoms. The van der Waals surface area contributed by atoms with Gasteiger partial charge in [-0.05, 0) is 29.2 Å². The van der Waals surface area contributed by atoms with Gasteiger partial charge in [0.2, 0.25) is 0 Å². The number of benzene rings is 2. The van der Waals surface area contributed by atoms with E-state index in [1.54, 1.807) is 7.11 Å². The van der Waals surface area contributed by atoms with Crippen LogP contribution in [0.15, 0.2) is 48.5 Å². The molecule has 0 atom stereocenters. The Morgan fingerprint density at radius 1 is 0.842 bits per heavy atom. The predicted octanol–water partition coefficient (Wildman–Crippen LogP) is 3.43. The lowest BCUT2D eigenvalue weighted by atomic mass is 10.1. The van der Waals surface area contributed by atoms with Gasteiger partial charge in [-0.15, -0.1) is 0 Å². The first kappa shape index (κ1) is 13.8. The highest BCUT2D eigenvalue weighted by Crippen LogP contribution is 2.11. The topological polar surface area (TPSA) is 21.3 Å². The fourth-order valence-electron chi connectivity index (χ4n) is 2.17. The lowest BCUT2D eigenvalue weighted by Gasteiger charge is -2.11. The summed E-state index contributed by atoms with van der Waals surface area (Å²) in [6.07, 6.45) is 0. The van der Waals surface area contributed by atoms with Crippen molar-refractivity contribution < 1.29 is 4.74 Å². The van der Waals surface area contributed by atoms with Crippen molar-refractivity contribution in [1.82, 2.24) is 5.32 Å². The minimum atomic E-state index is 0.669. The number of methoxy groups -OCH3 is 1. The molecule has 0 amide bonds. The second kappa shape index (κ2) is 7.07. The molecular formula is C17H21NO. The van der Waals surface area contributed by atoms with Crippen LogP contribution in [0, 0.1) is 6.92 Å². The van der Waals surface area contributed by atoms with Crippen molar-refractivity contribution in [2.45, 2.75) is 26.6 Å². The minimum Gasteiger partial charge on any atom is -0.380 e. The van der Waals surface area contributed by atoms with Gasteiger partial charge in [0, 0.05) is 20.2 Å². The van der Waals surface area contributed by atoms with Crippen molar-refractivity contribution in [2.24, 2.45) is 0 Å². The largest absolute Gasteiger partial charge is 0.380 e. The highest BCUT2D eigenvalue weighted by molar-refractivity contribution is 5.27. The van der Waals surface area contributed by atoms with Crippen LogP contribution in [0.1, 0.15) is 22.3 Å². The average Bonchev–Trinajstić information content (AvgIpc) is 2.43. The Balaban J connectivity index is 1.94. The number of ether oxygens (including phenoxy) is 1. The fourth-order valence-corrected chi connectivity index (χ4v) is 2.17. The Morgan fingerprint density at radius 3 is 2.11 bits per heavy atom. The number of aryl methyl sites for hydroxylation is 1. The van der Waals surface area contributed by atoms with E-state index in [-0.39, 0.29) is 0 Å². The van der Waals surface area contributed by atoms with E-state index in [9.17, 15) is 0 Å². The zero-order chi connectivity index (χ0) is 13.5. The van der Waals surface area contributed by atoms with Crippen molar-refractivity contribution in [2.75, 3.05) is 7.11 Å². The van der Waals surface area contributed by atoms with Gasteiger partial charge in [-0.1, -0.05) is 48.5 Å². The lowest BCUT2D eigenvalue weighted by molar-refractivity contribution is 0.184. The van der Waals surface area contributed by atoms with Gasteiger partial charge in [-0.25, -0.2) is 0 Å². The van der Waals surface area contributed by atoms with Crippen LogP contribution in [-0.2, 0) is 24.4 Å². The van der Waals surface area contributed by atoms with E-state index in [1.165, 1.54) is 22.3 Å². The quantitative estimate of drug-likeness (QED) is 0.854. The maximum atomic E-state index is 5.22. The normalized spacial score (nSPS) is 10.6. The van der Waals surface area contributed by atoms with Crippen LogP contribution < -0.4 is 5.32 Å². The molecular weight excluding hydrogens is 234 g/mol. The molecule has 19 heavy (non-hydrogen) atoms. The van der Waals surface area contributed by atoms with Crippen molar-refractivity contribution in [3.05, 3.63) is 70.8 Å². The Bertz CT molecular complexity index is 522. The third-order valence-electron chi connectivity index (χ3n) is 3.31. The molecule has 0 bridgehead atoms. The molecule has 1 N–H and O–H groups in total. The molecule has 0 saturated heterocycles. The molecule has 0 spiro atoms. The fraction of sp³-hybridized carbons (Fsp3) is 0.294. The molecule has 2 aromatic carbocycles. The van der Waals surface area contributed by atoms with Crippen LogP contribution in [0.25, 0.3) is 0 Å². The predicted molar refractivity (Wildman–Crippen MR) is 78.9 cm³/mol. The van der Waals surface area contributed by atoms with E-state index in [1.807, 2.05) is 0 Å². The van der Waals surface area contributed by atoms with Gasteiger partial charge in [0.05, 0.1) is 6.61 Å². The highest BCUT2D eigenvalue weighted by atomic mass is 16.5. The standard InChI is InChI=1S/C17H21NO/c1-14-7-3-4-8-15(14)11-18-12-16-9-5-6-10-17(16)13-19-2/h3-10,18H,11-13H2,1-2H3. The van der Waals surface area contributed by atoms with Crippen molar-refractivity contribution in [1.29, 1.82) is 0 Å². The van der Waals surface area contributed by atoms with Crippen molar-refractivity contribution >= 4 is 0 Å². The lowest BCUT2D eigenvalue weighted by Crippen LogP contribution is -2.14. The smallest absolute Gasteiger partial charge is 0.0716 e. The highest BCUT2D eigenvalue weighted by Gasteiger charge is 2.01. The number of hydrogen-bond acceptors (Lipinski definition) is 2. The Morgan fingerprint density at radius 2 is 1.42 bits per heavy atom. The molecule has 2 rings (SSSR count). The number of hydrogen-bond donors (Lipinski definition) is 1. The summed E-state index contributed by atoms with van der Waals surface area (Å²) in [5, 5.41) is 3.50. The summed E-state index contributed by atoms with van der Waals surface area (Å²) >= 11 is 0. The Labute approximate surface area is 115 Å². The molecule has 0 aromatic heterocycles. The molecule has 0 aliphatic heterocycles. The SMILES string of the molecule is COCc1ccccc1CNCc1ccccc1C. The Kier molecular flexibility index (Phi) is 5.13. The van der Waals surface area contributed by atoms with Crippen LogP contribution in [-0.4, -0.2) is 7.11 Å². The van der Waals surface area contributed by atoms with Gasteiger partial charge in [0.1, 0.15) is 0 Å². The second-order valence-corrected chi connectivity index (χ2v) is 4.73. The summed E-state index contributed by atoms with van der Waals surface area (Å²) in [6, 6.07) is 16.9. The molecule has 0 aliphatic rings. The van der Waals surface area contributed by atoms with E-state index >= 15 is 0 Å². The van der Waals surface area contributed by atoms with Crippen LogP contribution in [0.3, 0.4) is 0 Å². The molecule has 2 aromatic rings. The van der Waals surface area contributed by atoms with Crippen molar-refractivity contribution in [3.63, 3.8) is 0 Å². The monoisotopic (exact) mass is 255 g/mol. The van der Waals surface area contributed by atoms with Gasteiger partial charge in [0.25, 0.3) is 0 Å². The Hall–Kier alpha value is -1.64. The summed E-state index contributed by atoms with van der Waals surface area (Å²) in [5.41, 5.74) is 5.24. The van der Waals surface area contributed by atoms with E-state index in [4.69, 9.17) is 4.74 Å².